The lowest BCUT2D eigenvalue weighted by molar-refractivity contribution is 0.157. The highest BCUT2D eigenvalue weighted by atomic mass is 32.2. The van der Waals surface area contributed by atoms with Gasteiger partial charge in [-0.1, -0.05) is 66.7 Å². The van der Waals surface area contributed by atoms with Crippen LogP contribution in [-0.4, -0.2) is 23.3 Å². The third-order valence-corrected chi connectivity index (χ3v) is 8.03. The molecule has 1 aliphatic carbocycles. The van der Waals surface area contributed by atoms with E-state index in [0.717, 1.165) is 36.2 Å². The van der Waals surface area contributed by atoms with Crippen molar-refractivity contribution in [2.75, 3.05) is 0 Å². The van der Waals surface area contributed by atoms with E-state index >= 15 is 0 Å². The van der Waals surface area contributed by atoms with Crippen LogP contribution in [0.15, 0.2) is 96.2 Å². The van der Waals surface area contributed by atoms with E-state index < -0.39 is 10.0 Å². The Balaban J connectivity index is 1.33. The minimum Gasteiger partial charge on any atom is -0.348 e. The largest absolute Gasteiger partial charge is 0.348 e. The van der Waals surface area contributed by atoms with Crippen molar-refractivity contribution in [3.8, 4) is 0 Å². The second kappa shape index (κ2) is 10.6. The molecule has 7 heteroatoms. The molecule has 4 aromatic rings. The van der Waals surface area contributed by atoms with Gasteiger partial charge in [-0.25, -0.2) is 18.1 Å². The molecule has 0 radical (unpaired) electrons. The van der Waals surface area contributed by atoms with E-state index in [-0.39, 0.29) is 11.4 Å². The number of nitrogens with one attached hydrogen (secondary N) is 2. The molecule has 5 rings (SSSR count). The summed E-state index contributed by atoms with van der Waals surface area (Å²) in [6, 6.07) is 25.7. The first-order chi connectivity index (χ1) is 17.1. The van der Waals surface area contributed by atoms with Crippen molar-refractivity contribution in [1.29, 1.82) is 0 Å². The van der Waals surface area contributed by atoms with E-state index in [4.69, 9.17) is 0 Å². The molecule has 1 atom stereocenters. The average molecular weight is 487 g/mol. The highest BCUT2D eigenvalue weighted by Gasteiger charge is 2.26. The summed E-state index contributed by atoms with van der Waals surface area (Å²) in [4.78, 5) is 10.4. The number of sulfonamides is 1. The van der Waals surface area contributed by atoms with Gasteiger partial charge >= 0.3 is 0 Å². The number of aromatic amines is 1. The molecule has 6 nitrogen and oxygen atoms in total. The third-order valence-electron chi connectivity index (χ3n) is 6.61. The lowest BCUT2D eigenvalue weighted by Gasteiger charge is -2.35. The van der Waals surface area contributed by atoms with Crippen LogP contribution in [0.25, 0.3) is 0 Å². The Kier molecular flexibility index (Phi) is 7.08. The number of aryl methyl sites for hydroxylation is 1. The van der Waals surface area contributed by atoms with Gasteiger partial charge in [0.25, 0.3) is 0 Å². The first-order valence-corrected chi connectivity index (χ1v) is 13.5. The normalized spacial score (nSPS) is 15.7. The highest BCUT2D eigenvalue weighted by Crippen LogP contribution is 2.35. The van der Waals surface area contributed by atoms with Gasteiger partial charge in [0.2, 0.25) is 10.0 Å². The molecule has 0 amide bonds. The number of hydrogen-bond acceptors (Lipinski definition) is 4. The van der Waals surface area contributed by atoms with E-state index in [9.17, 15) is 8.42 Å². The van der Waals surface area contributed by atoms with Gasteiger partial charge in [-0.15, -0.1) is 0 Å². The van der Waals surface area contributed by atoms with Crippen LogP contribution in [-0.2, 0) is 36.1 Å². The predicted octanol–water partition coefficient (Wildman–Crippen LogP) is 4.97. The lowest BCUT2D eigenvalue weighted by Crippen LogP contribution is -2.31. The summed E-state index contributed by atoms with van der Waals surface area (Å²) >= 11 is 0. The summed E-state index contributed by atoms with van der Waals surface area (Å²) in [6.07, 6.45) is 6.99. The second-order valence-corrected chi connectivity index (χ2v) is 10.8. The van der Waals surface area contributed by atoms with Crippen LogP contribution >= 0.6 is 0 Å². The standard InChI is InChI=1S/C28H30N4O2S/c33-35(34,31-19-22-7-2-1-3-8-22)25-15-13-23(14-16-25)20-32(21-28-29-17-18-30-28)27-12-6-10-24-9-4-5-11-26(24)27/h1-5,7-9,11,13-18,27,31H,6,10,12,19-21H2,(H,29,30). The van der Waals surface area contributed by atoms with E-state index in [2.05, 4.69) is 43.9 Å². The molecule has 0 bridgehead atoms. The molecule has 1 heterocycles. The van der Waals surface area contributed by atoms with Crippen molar-refractivity contribution in [3.05, 3.63) is 119 Å². The number of fused-ring (bicyclic) bond motifs is 1. The molecule has 2 N–H and O–H groups in total. The summed E-state index contributed by atoms with van der Waals surface area (Å²) in [5.41, 5.74) is 4.80. The SMILES string of the molecule is O=S(=O)(NCc1ccccc1)c1ccc(CN(Cc2ncc[nH]2)C2CCCc3ccccc32)cc1. The van der Waals surface area contributed by atoms with Gasteiger partial charge < -0.3 is 4.98 Å². The summed E-state index contributed by atoms with van der Waals surface area (Å²) in [5.74, 6) is 0.928. The Hall–Kier alpha value is -3.26. The van der Waals surface area contributed by atoms with Crippen LogP contribution in [0, 0.1) is 0 Å². The van der Waals surface area contributed by atoms with Gasteiger partial charge in [-0.3, -0.25) is 4.90 Å². The van der Waals surface area contributed by atoms with E-state index in [1.165, 1.54) is 11.1 Å². The fourth-order valence-electron chi connectivity index (χ4n) is 4.83. The Morgan fingerprint density at radius 3 is 2.46 bits per heavy atom. The minimum atomic E-state index is -3.58. The average Bonchev–Trinajstić information content (AvgIpc) is 3.41. The molecule has 0 saturated carbocycles. The molecule has 3 aromatic carbocycles. The van der Waals surface area contributed by atoms with Crippen LogP contribution in [0.5, 0.6) is 0 Å². The maximum absolute atomic E-state index is 12.8. The molecule has 1 aliphatic rings. The van der Waals surface area contributed by atoms with Crippen LogP contribution in [0.1, 0.15) is 47.0 Å². The van der Waals surface area contributed by atoms with E-state index in [1.54, 1.807) is 18.3 Å². The summed E-state index contributed by atoms with van der Waals surface area (Å²) in [5, 5.41) is 0. The molecule has 35 heavy (non-hydrogen) atoms. The molecule has 0 fully saturated rings. The van der Waals surface area contributed by atoms with Gasteiger partial charge in [0.1, 0.15) is 5.82 Å². The Labute approximate surface area is 207 Å². The van der Waals surface area contributed by atoms with Crippen molar-refractivity contribution < 1.29 is 8.42 Å². The third kappa shape index (κ3) is 5.70. The monoisotopic (exact) mass is 486 g/mol. The predicted molar refractivity (Wildman–Crippen MR) is 137 cm³/mol. The second-order valence-electron chi connectivity index (χ2n) is 9.00. The molecular formula is C28H30N4O2S. The number of aromatic nitrogens is 2. The summed E-state index contributed by atoms with van der Waals surface area (Å²) < 4.78 is 28.3. The van der Waals surface area contributed by atoms with Gasteiger partial charge in [0.05, 0.1) is 11.4 Å². The van der Waals surface area contributed by atoms with E-state index in [0.29, 0.717) is 19.1 Å². The number of hydrogen-bond donors (Lipinski definition) is 2. The quantitative estimate of drug-likeness (QED) is 0.350. The molecule has 0 spiro atoms. The van der Waals surface area contributed by atoms with Crippen molar-refractivity contribution in [1.82, 2.24) is 19.6 Å². The fourth-order valence-corrected chi connectivity index (χ4v) is 5.84. The number of rotatable bonds is 9. The van der Waals surface area contributed by atoms with Crippen LogP contribution in [0.3, 0.4) is 0 Å². The lowest BCUT2D eigenvalue weighted by atomic mass is 9.86. The minimum absolute atomic E-state index is 0.267. The molecular weight excluding hydrogens is 456 g/mol. The number of H-pyrrole nitrogens is 1. The molecule has 0 aliphatic heterocycles. The maximum atomic E-state index is 12.8. The Morgan fingerprint density at radius 1 is 0.914 bits per heavy atom. The van der Waals surface area contributed by atoms with Crippen molar-refractivity contribution in [2.24, 2.45) is 0 Å². The van der Waals surface area contributed by atoms with E-state index in [1.807, 2.05) is 48.7 Å². The van der Waals surface area contributed by atoms with Crippen LogP contribution in [0.4, 0.5) is 0 Å². The van der Waals surface area contributed by atoms with Gasteiger partial charge in [-0.2, -0.15) is 0 Å². The number of benzene rings is 3. The summed E-state index contributed by atoms with van der Waals surface area (Å²) in [7, 11) is -3.58. The van der Waals surface area contributed by atoms with Gasteiger partial charge in [0, 0.05) is 31.5 Å². The maximum Gasteiger partial charge on any atom is 0.240 e. The molecule has 1 aromatic heterocycles. The van der Waals surface area contributed by atoms with Crippen LogP contribution in [0.2, 0.25) is 0 Å². The fraction of sp³-hybridized carbons (Fsp3) is 0.250. The zero-order valence-electron chi connectivity index (χ0n) is 19.6. The first kappa shape index (κ1) is 23.5. The Morgan fingerprint density at radius 2 is 1.69 bits per heavy atom. The molecule has 0 saturated heterocycles. The van der Waals surface area contributed by atoms with Crippen molar-refractivity contribution in [3.63, 3.8) is 0 Å². The van der Waals surface area contributed by atoms with Crippen molar-refractivity contribution in [2.45, 2.75) is 49.8 Å². The smallest absolute Gasteiger partial charge is 0.240 e. The van der Waals surface area contributed by atoms with Gasteiger partial charge in [0.15, 0.2) is 0 Å². The van der Waals surface area contributed by atoms with Gasteiger partial charge in [-0.05, 0) is 53.6 Å². The summed E-state index contributed by atoms with van der Waals surface area (Å²) in [6.45, 7) is 1.67. The topological polar surface area (TPSA) is 78.1 Å². The zero-order chi connectivity index (χ0) is 24.1. The molecule has 180 valence electrons. The number of imidazole rings is 1. The Bertz CT molecular complexity index is 1340. The molecule has 1 unspecified atom stereocenters. The van der Waals surface area contributed by atoms with Crippen LogP contribution < -0.4 is 4.72 Å². The van der Waals surface area contributed by atoms with Crippen molar-refractivity contribution >= 4 is 10.0 Å². The number of nitrogens with zero attached hydrogens (tertiary/aromatic N) is 2. The highest BCUT2D eigenvalue weighted by molar-refractivity contribution is 7.89. The zero-order valence-corrected chi connectivity index (χ0v) is 20.4. The first-order valence-electron chi connectivity index (χ1n) is 12.0.